The van der Waals surface area contributed by atoms with Crippen LogP contribution in [0.1, 0.15) is 0 Å². The first-order chi connectivity index (χ1) is 9.63. The van der Waals surface area contributed by atoms with Gasteiger partial charge in [-0.1, -0.05) is 0 Å². The Morgan fingerprint density at radius 1 is 1.48 bits per heavy atom. The number of rotatable bonds is 7. The van der Waals surface area contributed by atoms with Crippen molar-refractivity contribution in [1.29, 1.82) is 0 Å². The summed E-state index contributed by atoms with van der Waals surface area (Å²) in [6.07, 6.45) is 0. The SMILES string of the molecule is COc1cc([N+](=O)[O-])ccc1S(=O)(=O)NCC(F)(F)CO. The van der Waals surface area contributed by atoms with Crippen LogP contribution in [0.3, 0.4) is 0 Å². The molecule has 0 heterocycles. The number of aliphatic hydroxyl groups excluding tert-OH is 1. The highest BCUT2D eigenvalue weighted by atomic mass is 32.2. The maximum atomic E-state index is 12.9. The zero-order chi connectivity index (χ0) is 16.3. The van der Waals surface area contributed by atoms with E-state index < -0.39 is 44.6 Å². The molecule has 0 bridgehead atoms. The van der Waals surface area contributed by atoms with Gasteiger partial charge in [-0.05, 0) is 6.07 Å². The van der Waals surface area contributed by atoms with Gasteiger partial charge in [0.2, 0.25) is 10.0 Å². The fourth-order valence-electron chi connectivity index (χ4n) is 1.33. The minimum absolute atomic E-state index is 0.357. The number of methoxy groups -OCH3 is 1. The second-order valence-electron chi connectivity index (χ2n) is 3.93. The van der Waals surface area contributed by atoms with Crippen LogP contribution in [0, 0.1) is 10.1 Å². The average Bonchev–Trinajstić information content (AvgIpc) is 2.44. The molecule has 0 fully saturated rings. The van der Waals surface area contributed by atoms with E-state index >= 15 is 0 Å². The first-order valence-corrected chi connectivity index (χ1v) is 6.92. The minimum Gasteiger partial charge on any atom is -0.495 e. The van der Waals surface area contributed by atoms with Crippen LogP contribution >= 0.6 is 0 Å². The topological polar surface area (TPSA) is 119 Å². The van der Waals surface area contributed by atoms with Gasteiger partial charge in [-0.15, -0.1) is 0 Å². The van der Waals surface area contributed by atoms with E-state index in [0.29, 0.717) is 0 Å². The summed E-state index contributed by atoms with van der Waals surface area (Å²) in [5, 5.41) is 19.0. The lowest BCUT2D eigenvalue weighted by atomic mass is 10.3. The molecule has 0 unspecified atom stereocenters. The Balaban J connectivity index is 3.11. The fraction of sp³-hybridized carbons (Fsp3) is 0.400. The maximum absolute atomic E-state index is 12.9. The average molecular weight is 326 g/mol. The summed E-state index contributed by atoms with van der Waals surface area (Å²) < 4.78 is 55.8. The van der Waals surface area contributed by atoms with E-state index in [1.807, 2.05) is 0 Å². The van der Waals surface area contributed by atoms with Crippen molar-refractivity contribution in [2.75, 3.05) is 20.3 Å². The third kappa shape index (κ3) is 4.31. The third-order valence-electron chi connectivity index (χ3n) is 2.40. The molecule has 0 amide bonds. The van der Waals surface area contributed by atoms with E-state index in [9.17, 15) is 27.3 Å². The summed E-state index contributed by atoms with van der Waals surface area (Å²) in [6.45, 7) is -2.83. The van der Waals surface area contributed by atoms with Crippen molar-refractivity contribution >= 4 is 15.7 Å². The fourth-order valence-corrected chi connectivity index (χ4v) is 2.54. The van der Waals surface area contributed by atoms with Crippen LogP contribution in [-0.4, -0.2) is 44.6 Å². The van der Waals surface area contributed by atoms with Gasteiger partial charge < -0.3 is 9.84 Å². The van der Waals surface area contributed by atoms with Crippen LogP contribution < -0.4 is 9.46 Å². The summed E-state index contributed by atoms with van der Waals surface area (Å²) in [4.78, 5) is 9.30. The molecule has 0 saturated carbocycles. The molecule has 1 rings (SSSR count). The number of halogens is 2. The normalized spacial score (nSPS) is 12.2. The van der Waals surface area contributed by atoms with Crippen molar-refractivity contribution in [3.63, 3.8) is 0 Å². The highest BCUT2D eigenvalue weighted by molar-refractivity contribution is 7.89. The molecule has 0 radical (unpaired) electrons. The number of nitrogens with zero attached hydrogens (tertiary/aromatic N) is 1. The molecule has 1 aromatic rings. The smallest absolute Gasteiger partial charge is 0.283 e. The Kier molecular flexibility index (Phi) is 5.15. The number of nitro benzene ring substituents is 1. The molecule has 1 aromatic carbocycles. The van der Waals surface area contributed by atoms with Crippen LogP contribution in [0.25, 0.3) is 0 Å². The third-order valence-corrected chi connectivity index (χ3v) is 3.84. The number of hydrogen-bond acceptors (Lipinski definition) is 6. The molecule has 8 nitrogen and oxygen atoms in total. The van der Waals surface area contributed by atoms with E-state index in [4.69, 9.17) is 9.84 Å². The summed E-state index contributed by atoms with van der Waals surface area (Å²) in [5.74, 6) is -3.98. The molecular weight excluding hydrogens is 314 g/mol. The lowest BCUT2D eigenvalue weighted by molar-refractivity contribution is -0.385. The van der Waals surface area contributed by atoms with Gasteiger partial charge in [0.05, 0.1) is 24.6 Å². The van der Waals surface area contributed by atoms with E-state index in [2.05, 4.69) is 0 Å². The highest BCUT2D eigenvalue weighted by Gasteiger charge is 2.31. The van der Waals surface area contributed by atoms with Crippen molar-refractivity contribution in [2.45, 2.75) is 10.8 Å². The first kappa shape index (κ1) is 17.2. The number of alkyl halides is 2. The lowest BCUT2D eigenvalue weighted by Gasteiger charge is -2.15. The van der Waals surface area contributed by atoms with E-state index in [0.717, 1.165) is 25.3 Å². The van der Waals surface area contributed by atoms with E-state index in [-0.39, 0.29) is 5.75 Å². The number of nitrogens with one attached hydrogen (secondary N) is 1. The van der Waals surface area contributed by atoms with Crippen molar-refractivity contribution < 1.29 is 32.0 Å². The first-order valence-electron chi connectivity index (χ1n) is 5.44. The van der Waals surface area contributed by atoms with Crippen LogP contribution in [0.15, 0.2) is 23.1 Å². The molecule has 21 heavy (non-hydrogen) atoms. The van der Waals surface area contributed by atoms with Gasteiger partial charge in [-0.2, -0.15) is 0 Å². The van der Waals surface area contributed by atoms with Gasteiger partial charge in [0, 0.05) is 6.07 Å². The second kappa shape index (κ2) is 6.28. The molecule has 118 valence electrons. The number of hydrogen-bond donors (Lipinski definition) is 2. The van der Waals surface area contributed by atoms with Crippen molar-refractivity contribution in [2.24, 2.45) is 0 Å². The predicted octanol–water partition coefficient (Wildman–Crippen LogP) is 0.509. The molecule has 0 aliphatic rings. The van der Waals surface area contributed by atoms with Crippen LogP contribution in [-0.2, 0) is 10.0 Å². The molecular formula is C10H12F2N2O6S. The van der Waals surface area contributed by atoms with Gasteiger partial charge >= 0.3 is 0 Å². The lowest BCUT2D eigenvalue weighted by Crippen LogP contribution is -2.39. The highest BCUT2D eigenvalue weighted by Crippen LogP contribution is 2.28. The van der Waals surface area contributed by atoms with Crippen LogP contribution in [0.2, 0.25) is 0 Å². The molecule has 0 atom stereocenters. The number of non-ortho nitro benzene ring substituents is 1. The molecule has 0 aliphatic heterocycles. The molecule has 0 saturated heterocycles. The van der Waals surface area contributed by atoms with Crippen molar-refractivity contribution in [3.05, 3.63) is 28.3 Å². The second-order valence-corrected chi connectivity index (χ2v) is 5.67. The maximum Gasteiger partial charge on any atom is 0.283 e. The molecule has 11 heteroatoms. The Morgan fingerprint density at radius 2 is 2.10 bits per heavy atom. The minimum atomic E-state index is -4.38. The zero-order valence-electron chi connectivity index (χ0n) is 10.7. The standard InChI is InChI=1S/C10H12F2N2O6S/c1-20-8-4-7(14(16)17)2-3-9(8)21(18,19)13-5-10(11,12)6-15/h2-4,13,15H,5-6H2,1H3. The Bertz CT molecular complexity index is 634. The Hall–Kier alpha value is -1.85. The molecule has 2 N–H and O–H groups in total. The quantitative estimate of drug-likeness (QED) is 0.556. The molecule has 0 aromatic heterocycles. The number of aliphatic hydroxyl groups is 1. The summed E-state index contributed by atoms with van der Waals surface area (Å²) >= 11 is 0. The van der Waals surface area contributed by atoms with Crippen molar-refractivity contribution in [3.8, 4) is 5.75 Å². The van der Waals surface area contributed by atoms with E-state index in [1.54, 1.807) is 4.72 Å². The zero-order valence-corrected chi connectivity index (χ0v) is 11.6. The number of ether oxygens (including phenoxy) is 1. The number of nitro groups is 1. The van der Waals surface area contributed by atoms with E-state index in [1.165, 1.54) is 0 Å². The van der Waals surface area contributed by atoms with Gasteiger partial charge in [-0.3, -0.25) is 10.1 Å². The molecule has 0 spiro atoms. The summed E-state index contributed by atoms with van der Waals surface area (Å²) in [7, 11) is -3.29. The summed E-state index contributed by atoms with van der Waals surface area (Å²) in [6, 6.07) is 2.64. The van der Waals surface area contributed by atoms with Gasteiger partial charge in [0.1, 0.15) is 17.3 Å². The largest absolute Gasteiger partial charge is 0.495 e. The van der Waals surface area contributed by atoms with Gasteiger partial charge in [0.15, 0.2) is 0 Å². The van der Waals surface area contributed by atoms with Crippen molar-refractivity contribution in [1.82, 2.24) is 4.72 Å². The number of benzene rings is 1. The Morgan fingerprint density at radius 3 is 2.57 bits per heavy atom. The predicted molar refractivity (Wildman–Crippen MR) is 66.9 cm³/mol. The Labute approximate surface area is 118 Å². The summed E-state index contributed by atoms with van der Waals surface area (Å²) in [5.41, 5.74) is -0.411. The van der Waals surface area contributed by atoms with Crippen LogP contribution in [0.5, 0.6) is 5.75 Å². The van der Waals surface area contributed by atoms with Crippen LogP contribution in [0.4, 0.5) is 14.5 Å². The monoisotopic (exact) mass is 326 g/mol. The van der Waals surface area contributed by atoms with Gasteiger partial charge in [-0.25, -0.2) is 21.9 Å². The number of sulfonamides is 1. The van der Waals surface area contributed by atoms with Gasteiger partial charge in [0.25, 0.3) is 11.6 Å². The molecule has 0 aliphatic carbocycles.